The molecule has 0 aromatic heterocycles. The number of carbonyl (C=O) groups excluding carboxylic acids is 1. The second-order valence-electron chi connectivity index (χ2n) is 4.57. The lowest BCUT2D eigenvalue weighted by Gasteiger charge is -2.34. The Morgan fingerprint density at radius 1 is 1.43 bits per heavy atom. The molecule has 3 nitrogen and oxygen atoms in total. The minimum atomic E-state index is -4.62. The van der Waals surface area contributed by atoms with E-state index < -0.39 is 29.0 Å². The lowest BCUT2D eigenvalue weighted by atomic mass is 10.1. The van der Waals surface area contributed by atoms with Gasteiger partial charge in [-0.2, -0.15) is 13.2 Å². The van der Waals surface area contributed by atoms with E-state index in [-0.39, 0.29) is 25.8 Å². The molecule has 1 aromatic rings. The minimum Gasteiger partial charge on any atom is -0.377 e. The maximum atomic E-state index is 13.7. The monoisotopic (exact) mass is 369 g/mol. The first kappa shape index (κ1) is 16.2. The zero-order valence-electron chi connectivity index (χ0n) is 10.8. The summed E-state index contributed by atoms with van der Waals surface area (Å²) in [4.78, 5) is 13.6. The summed E-state index contributed by atoms with van der Waals surface area (Å²) in [6.45, 7) is 0.748. The summed E-state index contributed by atoms with van der Waals surface area (Å²) in [6.07, 6.45) is -4.62. The summed E-state index contributed by atoms with van der Waals surface area (Å²) >= 11 is 3.21. The fourth-order valence-electron chi connectivity index (χ4n) is 2.07. The normalized spacial score (nSPS) is 19.7. The van der Waals surface area contributed by atoms with Crippen LogP contribution in [-0.2, 0) is 10.9 Å². The molecule has 1 atom stereocenters. The largest absolute Gasteiger partial charge is 0.416 e. The van der Waals surface area contributed by atoms with Crippen molar-refractivity contribution < 1.29 is 27.1 Å². The summed E-state index contributed by atoms with van der Waals surface area (Å²) in [5.74, 6) is -1.72. The van der Waals surface area contributed by atoms with Gasteiger partial charge in [0.1, 0.15) is 5.82 Å². The van der Waals surface area contributed by atoms with Gasteiger partial charge in [-0.1, -0.05) is 15.9 Å². The molecule has 1 saturated heterocycles. The maximum absolute atomic E-state index is 13.7. The number of nitrogens with zero attached hydrogens (tertiary/aromatic N) is 1. The maximum Gasteiger partial charge on any atom is 0.416 e. The molecular weight excluding hydrogens is 358 g/mol. The molecule has 1 fully saturated rings. The first-order valence-corrected chi connectivity index (χ1v) is 7.28. The summed E-state index contributed by atoms with van der Waals surface area (Å²) < 4.78 is 57.0. The van der Waals surface area contributed by atoms with Crippen LogP contribution in [0.25, 0.3) is 0 Å². The van der Waals surface area contributed by atoms with Crippen LogP contribution < -0.4 is 0 Å². The first-order chi connectivity index (χ1) is 9.84. The molecule has 1 aromatic carbocycles. The summed E-state index contributed by atoms with van der Waals surface area (Å²) in [6, 6.07) is 1.51. The van der Waals surface area contributed by atoms with Gasteiger partial charge in [0.2, 0.25) is 0 Å². The van der Waals surface area contributed by atoms with Crippen LogP contribution in [0.15, 0.2) is 18.2 Å². The van der Waals surface area contributed by atoms with Crippen molar-refractivity contribution in [1.82, 2.24) is 4.90 Å². The molecule has 0 bridgehead atoms. The van der Waals surface area contributed by atoms with Crippen molar-refractivity contribution in [1.29, 1.82) is 0 Å². The number of carbonyl (C=O) groups is 1. The third-order valence-corrected chi connectivity index (χ3v) is 3.94. The van der Waals surface area contributed by atoms with E-state index in [4.69, 9.17) is 4.74 Å². The van der Waals surface area contributed by atoms with Crippen LogP contribution >= 0.6 is 15.9 Å². The molecule has 0 radical (unpaired) electrons. The Morgan fingerprint density at radius 3 is 2.76 bits per heavy atom. The predicted octanol–water partition coefficient (Wildman–Crippen LogP) is 3.08. The number of morpholine rings is 1. The lowest BCUT2D eigenvalue weighted by Crippen LogP contribution is -2.49. The van der Waals surface area contributed by atoms with Crippen molar-refractivity contribution in [2.24, 2.45) is 0 Å². The van der Waals surface area contributed by atoms with E-state index in [1.54, 1.807) is 0 Å². The van der Waals surface area contributed by atoms with Crippen LogP contribution in [0.3, 0.4) is 0 Å². The smallest absolute Gasteiger partial charge is 0.377 e. The van der Waals surface area contributed by atoms with Crippen LogP contribution in [0, 0.1) is 5.82 Å². The lowest BCUT2D eigenvalue weighted by molar-refractivity contribution is -0.137. The fourth-order valence-corrected chi connectivity index (χ4v) is 2.61. The number of hydrogen-bond donors (Lipinski definition) is 0. The highest BCUT2D eigenvalue weighted by atomic mass is 79.9. The van der Waals surface area contributed by atoms with Crippen LogP contribution in [-0.4, -0.2) is 41.9 Å². The Hall–Kier alpha value is -1.15. The Labute approximate surface area is 127 Å². The van der Waals surface area contributed by atoms with Gasteiger partial charge in [-0.05, 0) is 18.2 Å². The van der Waals surface area contributed by atoms with E-state index >= 15 is 0 Å². The highest BCUT2D eigenvalue weighted by molar-refractivity contribution is 9.09. The van der Waals surface area contributed by atoms with E-state index in [1.165, 1.54) is 4.90 Å². The van der Waals surface area contributed by atoms with Crippen molar-refractivity contribution in [3.8, 4) is 0 Å². The third-order valence-electron chi connectivity index (χ3n) is 3.19. The molecule has 1 heterocycles. The molecule has 2 rings (SSSR count). The molecule has 8 heteroatoms. The van der Waals surface area contributed by atoms with Crippen molar-refractivity contribution in [3.05, 3.63) is 35.1 Å². The van der Waals surface area contributed by atoms with Gasteiger partial charge in [0.25, 0.3) is 5.91 Å². The molecule has 0 saturated carbocycles. The minimum absolute atomic E-state index is 0.213. The van der Waals surface area contributed by atoms with E-state index in [9.17, 15) is 22.4 Å². The third kappa shape index (κ3) is 3.55. The van der Waals surface area contributed by atoms with Crippen molar-refractivity contribution in [2.75, 3.05) is 25.1 Å². The van der Waals surface area contributed by atoms with Gasteiger partial charge < -0.3 is 9.64 Å². The Morgan fingerprint density at radius 2 is 2.14 bits per heavy atom. The van der Waals surface area contributed by atoms with Gasteiger partial charge >= 0.3 is 6.18 Å². The first-order valence-electron chi connectivity index (χ1n) is 6.16. The molecule has 0 spiro atoms. The summed E-state index contributed by atoms with van der Waals surface area (Å²) in [7, 11) is 0. The van der Waals surface area contributed by atoms with E-state index in [1.807, 2.05) is 0 Å². The standard InChI is InChI=1S/C13H12BrF4NO2/c14-6-9-7-21-4-3-19(9)12(20)10-5-8(13(16,17)18)1-2-11(10)15/h1-2,5,9H,3-4,6-7H2. The quantitative estimate of drug-likeness (QED) is 0.592. The van der Waals surface area contributed by atoms with Gasteiger partial charge in [0.05, 0.1) is 30.4 Å². The molecular formula is C13H12BrF4NO2. The van der Waals surface area contributed by atoms with E-state index in [0.29, 0.717) is 23.5 Å². The van der Waals surface area contributed by atoms with Gasteiger partial charge in [0.15, 0.2) is 0 Å². The second-order valence-corrected chi connectivity index (χ2v) is 5.22. The van der Waals surface area contributed by atoms with Crippen molar-refractivity contribution >= 4 is 21.8 Å². The average Bonchev–Trinajstić information content (AvgIpc) is 2.45. The van der Waals surface area contributed by atoms with Gasteiger partial charge in [-0.25, -0.2) is 4.39 Å². The number of ether oxygens (including phenoxy) is 1. The molecule has 1 aliphatic heterocycles. The second kappa shape index (κ2) is 6.31. The predicted molar refractivity (Wildman–Crippen MR) is 70.8 cm³/mol. The van der Waals surface area contributed by atoms with Crippen molar-refractivity contribution in [2.45, 2.75) is 12.2 Å². The summed E-state index contributed by atoms with van der Waals surface area (Å²) in [5.41, 5.74) is -1.62. The zero-order valence-corrected chi connectivity index (χ0v) is 12.4. The number of alkyl halides is 4. The van der Waals surface area contributed by atoms with E-state index in [2.05, 4.69) is 15.9 Å². The SMILES string of the molecule is O=C(c1cc(C(F)(F)F)ccc1F)N1CCOCC1CBr. The molecule has 0 aliphatic carbocycles. The van der Waals surface area contributed by atoms with Gasteiger partial charge in [0, 0.05) is 11.9 Å². The van der Waals surface area contributed by atoms with Crippen LogP contribution in [0.4, 0.5) is 17.6 Å². The van der Waals surface area contributed by atoms with Crippen LogP contribution in [0.2, 0.25) is 0 Å². The zero-order chi connectivity index (χ0) is 15.6. The highest BCUT2D eigenvalue weighted by Gasteiger charge is 2.34. The highest BCUT2D eigenvalue weighted by Crippen LogP contribution is 2.31. The Bertz CT molecular complexity index is 535. The number of hydrogen-bond acceptors (Lipinski definition) is 2. The molecule has 21 heavy (non-hydrogen) atoms. The number of halogens is 5. The number of rotatable bonds is 2. The molecule has 0 N–H and O–H groups in total. The fraction of sp³-hybridized carbons (Fsp3) is 0.462. The molecule has 1 amide bonds. The van der Waals surface area contributed by atoms with Crippen molar-refractivity contribution in [3.63, 3.8) is 0 Å². The summed E-state index contributed by atoms with van der Waals surface area (Å²) in [5, 5.41) is 0.402. The number of amides is 1. The average molecular weight is 370 g/mol. The van der Waals surface area contributed by atoms with Gasteiger partial charge in [-0.15, -0.1) is 0 Å². The Balaban J connectivity index is 2.33. The van der Waals surface area contributed by atoms with Crippen LogP contribution in [0.1, 0.15) is 15.9 Å². The molecule has 1 aliphatic rings. The van der Waals surface area contributed by atoms with E-state index in [0.717, 1.165) is 0 Å². The molecule has 116 valence electrons. The van der Waals surface area contributed by atoms with Gasteiger partial charge in [-0.3, -0.25) is 4.79 Å². The number of benzene rings is 1. The topological polar surface area (TPSA) is 29.5 Å². The van der Waals surface area contributed by atoms with Crippen LogP contribution in [0.5, 0.6) is 0 Å². The molecule has 1 unspecified atom stereocenters. The Kier molecular flexibility index (Phi) is 4.88.